The molecule has 136 valence electrons. The molecule has 0 amide bonds. The van der Waals surface area contributed by atoms with E-state index >= 15 is 0 Å². The van der Waals surface area contributed by atoms with Gasteiger partial charge in [-0.05, 0) is 36.6 Å². The number of para-hydroxylation sites is 1. The molecule has 2 aliphatic heterocycles. The smallest absolute Gasteiger partial charge is 0.109 e. The highest BCUT2D eigenvalue weighted by molar-refractivity contribution is 6.06. The van der Waals surface area contributed by atoms with Gasteiger partial charge in [0.2, 0.25) is 0 Å². The van der Waals surface area contributed by atoms with Gasteiger partial charge in [0.15, 0.2) is 0 Å². The van der Waals surface area contributed by atoms with Crippen LogP contribution in [0.2, 0.25) is 0 Å². The third-order valence-electron chi connectivity index (χ3n) is 5.39. The molecular weight excluding hydrogens is 322 g/mol. The number of hydrogen-bond acceptors (Lipinski definition) is 4. The molecule has 0 saturated carbocycles. The molecule has 5 nitrogen and oxygen atoms in total. The van der Waals surface area contributed by atoms with Crippen LogP contribution in [0.4, 0.5) is 5.69 Å². The fourth-order valence-electron chi connectivity index (χ4n) is 4.00. The van der Waals surface area contributed by atoms with Crippen molar-refractivity contribution in [1.82, 2.24) is 9.88 Å². The Morgan fingerprint density at radius 2 is 1.92 bits per heavy atom. The van der Waals surface area contributed by atoms with Gasteiger partial charge in [-0.25, -0.2) is 0 Å². The quantitative estimate of drug-likeness (QED) is 0.871. The van der Waals surface area contributed by atoms with Gasteiger partial charge in [-0.1, -0.05) is 24.3 Å². The number of hydrogen-bond donors (Lipinski definition) is 2. The van der Waals surface area contributed by atoms with E-state index in [-0.39, 0.29) is 5.92 Å². The van der Waals surface area contributed by atoms with Crippen LogP contribution in [0.1, 0.15) is 30.0 Å². The maximum atomic E-state index is 5.68. The number of nitrogens with zero attached hydrogens (tertiary/aromatic N) is 3. The number of nitrogens with two attached hydrogens (primary N) is 1. The van der Waals surface area contributed by atoms with Crippen molar-refractivity contribution in [3.63, 3.8) is 0 Å². The summed E-state index contributed by atoms with van der Waals surface area (Å²) in [5, 5.41) is 3.58. The summed E-state index contributed by atoms with van der Waals surface area (Å²) in [6, 6.07) is 15.1. The van der Waals surface area contributed by atoms with Crippen molar-refractivity contribution in [3.8, 4) is 0 Å². The SMILES string of the molecule is NCCN1CCC(N=C2Nc3ccccc3C2Cc2ccccn2)CC1. The first-order chi connectivity index (χ1) is 12.8. The minimum Gasteiger partial charge on any atom is -0.343 e. The van der Waals surface area contributed by atoms with Crippen LogP contribution in [0, 0.1) is 0 Å². The topological polar surface area (TPSA) is 66.5 Å². The average Bonchev–Trinajstić information content (AvgIpc) is 3.02. The molecule has 3 N–H and O–H groups in total. The first-order valence-electron chi connectivity index (χ1n) is 9.59. The van der Waals surface area contributed by atoms with E-state index in [0.717, 1.165) is 57.0 Å². The second kappa shape index (κ2) is 7.98. The molecule has 4 rings (SSSR count). The summed E-state index contributed by atoms with van der Waals surface area (Å²) in [4.78, 5) is 12.1. The van der Waals surface area contributed by atoms with Gasteiger partial charge < -0.3 is 16.0 Å². The number of benzene rings is 1. The molecule has 1 atom stereocenters. The lowest BCUT2D eigenvalue weighted by atomic mass is 9.94. The molecule has 3 heterocycles. The Balaban J connectivity index is 1.53. The van der Waals surface area contributed by atoms with Crippen LogP contribution in [0.15, 0.2) is 53.7 Å². The van der Waals surface area contributed by atoms with Crippen molar-refractivity contribution in [2.45, 2.75) is 31.2 Å². The van der Waals surface area contributed by atoms with Gasteiger partial charge in [-0.15, -0.1) is 0 Å². The van der Waals surface area contributed by atoms with E-state index in [4.69, 9.17) is 10.7 Å². The highest BCUT2D eigenvalue weighted by Crippen LogP contribution is 2.35. The summed E-state index contributed by atoms with van der Waals surface area (Å²) in [7, 11) is 0. The number of nitrogens with one attached hydrogen (secondary N) is 1. The van der Waals surface area contributed by atoms with Crippen LogP contribution in [0.25, 0.3) is 0 Å². The lowest BCUT2D eigenvalue weighted by Crippen LogP contribution is -2.38. The largest absolute Gasteiger partial charge is 0.343 e. The first kappa shape index (κ1) is 17.2. The summed E-state index contributed by atoms with van der Waals surface area (Å²) in [6.45, 7) is 3.92. The Labute approximate surface area is 155 Å². The number of likely N-dealkylation sites (tertiary alicyclic amines) is 1. The zero-order valence-electron chi connectivity index (χ0n) is 15.1. The molecule has 1 aromatic carbocycles. The van der Waals surface area contributed by atoms with Gasteiger partial charge in [0.1, 0.15) is 5.84 Å². The van der Waals surface area contributed by atoms with E-state index in [1.807, 2.05) is 12.3 Å². The number of aromatic nitrogens is 1. The van der Waals surface area contributed by atoms with Crippen LogP contribution in [0.5, 0.6) is 0 Å². The van der Waals surface area contributed by atoms with E-state index in [9.17, 15) is 0 Å². The normalized spacial score (nSPS) is 22.3. The number of rotatable bonds is 5. The van der Waals surface area contributed by atoms with E-state index in [2.05, 4.69) is 51.6 Å². The predicted molar refractivity (Wildman–Crippen MR) is 107 cm³/mol. The molecule has 1 saturated heterocycles. The molecule has 0 spiro atoms. The number of fused-ring (bicyclic) bond motifs is 1. The second-order valence-electron chi connectivity index (χ2n) is 7.17. The van der Waals surface area contributed by atoms with Crippen molar-refractivity contribution in [2.24, 2.45) is 10.7 Å². The van der Waals surface area contributed by atoms with Crippen LogP contribution in [-0.4, -0.2) is 47.9 Å². The van der Waals surface area contributed by atoms with Gasteiger partial charge >= 0.3 is 0 Å². The molecule has 0 radical (unpaired) electrons. The van der Waals surface area contributed by atoms with Crippen molar-refractivity contribution in [3.05, 3.63) is 59.9 Å². The van der Waals surface area contributed by atoms with Gasteiger partial charge in [0.05, 0.1) is 6.04 Å². The van der Waals surface area contributed by atoms with E-state index in [0.29, 0.717) is 6.04 Å². The summed E-state index contributed by atoms with van der Waals surface area (Å²) in [5.74, 6) is 1.37. The highest BCUT2D eigenvalue weighted by atomic mass is 15.1. The number of piperidine rings is 1. The Morgan fingerprint density at radius 3 is 2.69 bits per heavy atom. The number of anilines is 1. The number of pyridine rings is 1. The Morgan fingerprint density at radius 1 is 1.12 bits per heavy atom. The van der Waals surface area contributed by atoms with Crippen LogP contribution in [-0.2, 0) is 6.42 Å². The lowest BCUT2D eigenvalue weighted by Gasteiger charge is -2.30. The molecule has 5 heteroatoms. The summed E-state index contributed by atoms with van der Waals surface area (Å²) >= 11 is 0. The third kappa shape index (κ3) is 3.79. The number of aliphatic imine (C=N–C) groups is 1. The van der Waals surface area contributed by atoms with Crippen LogP contribution >= 0.6 is 0 Å². The molecule has 1 fully saturated rings. The molecule has 2 aliphatic rings. The van der Waals surface area contributed by atoms with Crippen LogP contribution < -0.4 is 11.1 Å². The fourth-order valence-corrected chi connectivity index (χ4v) is 4.00. The highest BCUT2D eigenvalue weighted by Gasteiger charge is 2.30. The zero-order valence-corrected chi connectivity index (χ0v) is 15.1. The monoisotopic (exact) mass is 349 g/mol. The molecule has 26 heavy (non-hydrogen) atoms. The van der Waals surface area contributed by atoms with E-state index in [1.165, 1.54) is 11.3 Å². The van der Waals surface area contributed by atoms with Crippen molar-refractivity contribution < 1.29 is 0 Å². The molecule has 0 aliphatic carbocycles. The Bertz CT molecular complexity index is 750. The van der Waals surface area contributed by atoms with Gasteiger partial charge in [0, 0.05) is 56.1 Å². The zero-order chi connectivity index (χ0) is 17.8. The van der Waals surface area contributed by atoms with Gasteiger partial charge in [0.25, 0.3) is 0 Å². The molecular formula is C21H27N5. The maximum absolute atomic E-state index is 5.68. The molecule has 1 unspecified atom stereocenters. The number of amidine groups is 1. The van der Waals surface area contributed by atoms with Crippen LogP contribution in [0.3, 0.4) is 0 Å². The van der Waals surface area contributed by atoms with E-state index < -0.39 is 0 Å². The summed E-state index contributed by atoms with van der Waals surface area (Å²) in [5.41, 5.74) is 9.31. The first-order valence-corrected chi connectivity index (χ1v) is 9.59. The average molecular weight is 349 g/mol. The summed E-state index contributed by atoms with van der Waals surface area (Å²) < 4.78 is 0. The van der Waals surface area contributed by atoms with Gasteiger partial charge in [-0.3, -0.25) is 9.98 Å². The maximum Gasteiger partial charge on any atom is 0.109 e. The minimum atomic E-state index is 0.267. The van der Waals surface area contributed by atoms with Crippen molar-refractivity contribution in [2.75, 3.05) is 31.5 Å². The molecule has 2 aromatic rings. The standard InChI is InChI=1S/C21H27N5/c22-10-14-26-12-8-16(9-13-26)24-21-19(15-17-5-3-4-11-23-17)18-6-1-2-7-20(18)25-21/h1-7,11,16,19H,8-10,12-15,22H2,(H,24,25). The molecule has 1 aromatic heterocycles. The predicted octanol–water partition coefficient (Wildman–Crippen LogP) is 2.66. The lowest BCUT2D eigenvalue weighted by molar-refractivity contribution is 0.219. The van der Waals surface area contributed by atoms with E-state index in [1.54, 1.807) is 0 Å². The second-order valence-corrected chi connectivity index (χ2v) is 7.17. The third-order valence-corrected chi connectivity index (χ3v) is 5.39. The molecule has 0 bridgehead atoms. The fraction of sp³-hybridized carbons (Fsp3) is 0.429. The van der Waals surface area contributed by atoms with Crippen molar-refractivity contribution >= 4 is 11.5 Å². The Hall–Kier alpha value is -2.24. The summed E-state index contributed by atoms with van der Waals surface area (Å²) in [6.07, 6.45) is 4.97. The minimum absolute atomic E-state index is 0.267. The Kier molecular flexibility index (Phi) is 5.27. The van der Waals surface area contributed by atoms with Crippen molar-refractivity contribution in [1.29, 1.82) is 0 Å². The van der Waals surface area contributed by atoms with Gasteiger partial charge in [-0.2, -0.15) is 0 Å².